The van der Waals surface area contributed by atoms with Gasteiger partial charge in [-0.05, 0) is 62.6 Å². The molecule has 2 nitrogen and oxygen atoms in total. The highest BCUT2D eigenvalue weighted by atomic mass is 16.5. The maximum absolute atomic E-state index is 5.62. The average Bonchev–Trinajstić information content (AvgIpc) is 2.85. The highest BCUT2D eigenvalue weighted by Gasteiger charge is 2.21. The maximum atomic E-state index is 5.62. The molecule has 0 saturated carbocycles. The Hall–Kier alpha value is -0.860. The van der Waals surface area contributed by atoms with E-state index in [4.69, 9.17) is 4.74 Å². The molecule has 1 fully saturated rings. The van der Waals surface area contributed by atoms with Crippen molar-refractivity contribution in [2.45, 2.75) is 64.1 Å². The van der Waals surface area contributed by atoms with Crippen LogP contribution >= 0.6 is 0 Å². The van der Waals surface area contributed by atoms with Gasteiger partial charge in [-0.2, -0.15) is 0 Å². The Morgan fingerprint density at radius 1 is 1.26 bits per heavy atom. The first-order valence-electron chi connectivity index (χ1n) is 7.71. The normalized spacial score (nSPS) is 28.1. The fraction of sp³-hybridized carbons (Fsp3) is 0.647. The molecule has 0 spiro atoms. The summed E-state index contributed by atoms with van der Waals surface area (Å²) in [6.45, 7) is 5.36. The average molecular weight is 259 g/mol. The molecule has 1 saturated heterocycles. The molecule has 1 aromatic rings. The maximum Gasteiger partial charge on any atom is 0.0561 e. The number of rotatable bonds is 3. The van der Waals surface area contributed by atoms with Crippen molar-refractivity contribution in [1.82, 2.24) is 5.32 Å². The first-order valence-corrected chi connectivity index (χ1v) is 7.71. The lowest BCUT2D eigenvalue weighted by Crippen LogP contribution is -2.39. The zero-order valence-electron chi connectivity index (χ0n) is 12.1. The molecule has 3 rings (SSSR count). The van der Waals surface area contributed by atoms with Crippen molar-refractivity contribution in [1.29, 1.82) is 0 Å². The second-order valence-electron chi connectivity index (χ2n) is 6.17. The molecule has 2 heteroatoms. The summed E-state index contributed by atoms with van der Waals surface area (Å²) >= 11 is 0. The molecule has 1 aromatic carbocycles. The minimum Gasteiger partial charge on any atom is -0.378 e. The Morgan fingerprint density at radius 3 is 2.95 bits per heavy atom. The quantitative estimate of drug-likeness (QED) is 0.898. The Bertz CT molecular complexity index is 443. The summed E-state index contributed by atoms with van der Waals surface area (Å²) in [5, 5.41) is 3.78. The molecule has 0 amide bonds. The van der Waals surface area contributed by atoms with Gasteiger partial charge in [0.15, 0.2) is 0 Å². The van der Waals surface area contributed by atoms with Crippen LogP contribution in [-0.4, -0.2) is 18.8 Å². The van der Waals surface area contributed by atoms with Gasteiger partial charge in [0.2, 0.25) is 0 Å². The Labute approximate surface area is 116 Å². The van der Waals surface area contributed by atoms with Gasteiger partial charge in [0, 0.05) is 18.7 Å². The fourth-order valence-electron chi connectivity index (χ4n) is 3.46. The molecule has 1 aliphatic heterocycles. The van der Waals surface area contributed by atoms with Crippen molar-refractivity contribution in [2.24, 2.45) is 0 Å². The highest BCUT2D eigenvalue weighted by molar-refractivity contribution is 5.36. The van der Waals surface area contributed by atoms with E-state index in [1.54, 1.807) is 11.1 Å². The minimum absolute atomic E-state index is 0.401. The van der Waals surface area contributed by atoms with Crippen molar-refractivity contribution in [2.75, 3.05) is 6.61 Å². The SMILES string of the molecule is CC1CC(NC(C)c2ccc3c(c2)CCC3)CCO1. The van der Waals surface area contributed by atoms with Gasteiger partial charge >= 0.3 is 0 Å². The third-order valence-corrected chi connectivity index (χ3v) is 4.59. The van der Waals surface area contributed by atoms with E-state index in [9.17, 15) is 0 Å². The predicted molar refractivity (Wildman–Crippen MR) is 78.5 cm³/mol. The van der Waals surface area contributed by atoms with Gasteiger partial charge in [-0.15, -0.1) is 0 Å². The van der Waals surface area contributed by atoms with E-state index in [0.29, 0.717) is 18.2 Å². The monoisotopic (exact) mass is 259 g/mol. The van der Waals surface area contributed by atoms with Gasteiger partial charge in [-0.25, -0.2) is 0 Å². The lowest BCUT2D eigenvalue weighted by molar-refractivity contribution is 0.0116. The van der Waals surface area contributed by atoms with Gasteiger partial charge in [0.25, 0.3) is 0 Å². The molecule has 2 aliphatic rings. The Morgan fingerprint density at radius 2 is 2.11 bits per heavy atom. The zero-order chi connectivity index (χ0) is 13.2. The van der Waals surface area contributed by atoms with Gasteiger partial charge in [0.05, 0.1) is 6.10 Å². The number of fused-ring (bicyclic) bond motifs is 1. The summed E-state index contributed by atoms with van der Waals surface area (Å²) < 4.78 is 5.62. The third kappa shape index (κ3) is 3.01. The summed E-state index contributed by atoms with van der Waals surface area (Å²) in [5.74, 6) is 0. The number of nitrogens with one attached hydrogen (secondary N) is 1. The summed E-state index contributed by atoms with van der Waals surface area (Å²) in [6, 6.07) is 8.11. The highest BCUT2D eigenvalue weighted by Crippen LogP contribution is 2.26. The zero-order valence-corrected chi connectivity index (χ0v) is 12.1. The molecule has 0 aromatic heterocycles. The second kappa shape index (κ2) is 5.64. The van der Waals surface area contributed by atoms with E-state index >= 15 is 0 Å². The molecular weight excluding hydrogens is 234 g/mol. The standard InChI is InChI=1S/C17H25NO/c1-12-10-17(8-9-19-12)18-13(2)15-7-6-14-4-3-5-16(14)11-15/h6-7,11-13,17-18H,3-5,8-10H2,1-2H3. The van der Waals surface area contributed by atoms with Crippen LogP contribution in [0.1, 0.15) is 55.8 Å². The van der Waals surface area contributed by atoms with Gasteiger partial charge < -0.3 is 10.1 Å². The molecule has 3 unspecified atom stereocenters. The number of hydrogen-bond donors (Lipinski definition) is 1. The second-order valence-corrected chi connectivity index (χ2v) is 6.17. The smallest absolute Gasteiger partial charge is 0.0561 e. The first kappa shape index (κ1) is 13.1. The third-order valence-electron chi connectivity index (χ3n) is 4.59. The topological polar surface area (TPSA) is 21.3 Å². The fourth-order valence-corrected chi connectivity index (χ4v) is 3.46. The van der Waals surface area contributed by atoms with E-state index < -0.39 is 0 Å². The lowest BCUT2D eigenvalue weighted by atomic mass is 9.99. The van der Waals surface area contributed by atoms with Crippen LogP contribution in [0.15, 0.2) is 18.2 Å². The Balaban J connectivity index is 1.65. The van der Waals surface area contributed by atoms with Crippen LogP contribution in [0.25, 0.3) is 0 Å². The van der Waals surface area contributed by atoms with E-state index in [2.05, 4.69) is 37.4 Å². The van der Waals surface area contributed by atoms with Crippen LogP contribution in [-0.2, 0) is 17.6 Å². The van der Waals surface area contributed by atoms with Crippen LogP contribution in [0.5, 0.6) is 0 Å². The van der Waals surface area contributed by atoms with Gasteiger partial charge in [-0.1, -0.05) is 18.2 Å². The molecular formula is C17H25NO. The van der Waals surface area contributed by atoms with E-state index in [-0.39, 0.29) is 0 Å². The molecule has 0 bridgehead atoms. The van der Waals surface area contributed by atoms with Crippen LogP contribution in [0.4, 0.5) is 0 Å². The molecule has 3 atom stereocenters. The predicted octanol–water partition coefficient (Wildman–Crippen LogP) is 3.39. The van der Waals surface area contributed by atoms with Crippen LogP contribution in [0, 0.1) is 0 Å². The molecule has 0 radical (unpaired) electrons. The molecule has 19 heavy (non-hydrogen) atoms. The minimum atomic E-state index is 0.401. The van der Waals surface area contributed by atoms with Crippen LogP contribution in [0.3, 0.4) is 0 Å². The first-order chi connectivity index (χ1) is 9.22. The summed E-state index contributed by atoms with van der Waals surface area (Å²) in [5.41, 5.74) is 4.59. The van der Waals surface area contributed by atoms with Crippen LogP contribution in [0.2, 0.25) is 0 Å². The van der Waals surface area contributed by atoms with Gasteiger partial charge in [-0.3, -0.25) is 0 Å². The van der Waals surface area contributed by atoms with E-state index in [1.807, 2.05) is 0 Å². The largest absolute Gasteiger partial charge is 0.378 e. The van der Waals surface area contributed by atoms with E-state index in [0.717, 1.165) is 19.4 Å². The number of benzene rings is 1. The van der Waals surface area contributed by atoms with Gasteiger partial charge in [0.1, 0.15) is 0 Å². The van der Waals surface area contributed by atoms with Crippen molar-refractivity contribution in [3.05, 3.63) is 34.9 Å². The van der Waals surface area contributed by atoms with Crippen molar-refractivity contribution in [3.63, 3.8) is 0 Å². The number of hydrogen-bond acceptors (Lipinski definition) is 2. The molecule has 1 N–H and O–H groups in total. The lowest BCUT2D eigenvalue weighted by Gasteiger charge is -2.30. The van der Waals surface area contributed by atoms with Crippen molar-refractivity contribution >= 4 is 0 Å². The van der Waals surface area contributed by atoms with E-state index in [1.165, 1.54) is 24.8 Å². The van der Waals surface area contributed by atoms with Crippen molar-refractivity contribution in [3.8, 4) is 0 Å². The summed E-state index contributed by atoms with van der Waals surface area (Å²) in [7, 11) is 0. The van der Waals surface area contributed by atoms with Crippen LogP contribution < -0.4 is 5.32 Å². The summed E-state index contributed by atoms with van der Waals surface area (Å²) in [6.07, 6.45) is 6.55. The summed E-state index contributed by atoms with van der Waals surface area (Å²) in [4.78, 5) is 0. The number of ether oxygens (including phenoxy) is 1. The molecule has 104 valence electrons. The Kier molecular flexibility index (Phi) is 3.90. The number of aryl methyl sites for hydroxylation is 2. The van der Waals surface area contributed by atoms with Crippen molar-refractivity contribution < 1.29 is 4.74 Å². The molecule has 1 heterocycles. The molecule has 1 aliphatic carbocycles.